The molecule has 0 heterocycles. The van der Waals surface area contributed by atoms with E-state index in [2.05, 4.69) is 10.6 Å². The predicted molar refractivity (Wildman–Crippen MR) is 141 cm³/mol. The van der Waals surface area contributed by atoms with Crippen molar-refractivity contribution in [1.82, 2.24) is 15.5 Å². The predicted octanol–water partition coefficient (Wildman–Crippen LogP) is 4.98. The number of phenols is 1. The topological polar surface area (TPSA) is 108 Å². The van der Waals surface area contributed by atoms with Crippen molar-refractivity contribution in [3.8, 4) is 5.75 Å². The summed E-state index contributed by atoms with van der Waals surface area (Å²) in [5.41, 5.74) is 0.263. The van der Waals surface area contributed by atoms with Gasteiger partial charge in [-0.15, -0.1) is 0 Å². The van der Waals surface area contributed by atoms with Crippen LogP contribution >= 0.6 is 0 Å². The highest BCUT2D eigenvalue weighted by Crippen LogP contribution is 2.34. The third-order valence-electron chi connectivity index (χ3n) is 6.46. The molecule has 3 N–H and O–H groups in total. The van der Waals surface area contributed by atoms with Crippen molar-refractivity contribution in [2.45, 2.75) is 117 Å². The summed E-state index contributed by atoms with van der Waals surface area (Å²) in [5, 5.41) is 16.8. The van der Waals surface area contributed by atoms with Crippen molar-refractivity contribution >= 4 is 17.9 Å². The molecule has 202 valence electrons. The summed E-state index contributed by atoms with van der Waals surface area (Å²) in [5.74, 6) is -1.01. The molecule has 2 rings (SSSR count). The lowest BCUT2D eigenvalue weighted by Gasteiger charge is -2.39. The monoisotopic (exact) mass is 503 g/mol. The first-order valence-corrected chi connectivity index (χ1v) is 13.1. The molecule has 0 aromatic heterocycles. The van der Waals surface area contributed by atoms with E-state index in [1.165, 1.54) is 4.90 Å². The number of phenolic OH excluding ortho intramolecular Hbond substituents is 1. The number of aryl methyl sites for hydroxylation is 1. The number of carbonyl (C=O) groups excluding carboxylic acids is 3. The van der Waals surface area contributed by atoms with Gasteiger partial charge < -0.3 is 25.4 Å². The fourth-order valence-electron chi connectivity index (χ4n) is 4.64. The molecule has 2 unspecified atom stereocenters. The smallest absolute Gasteiger partial charge is 0.408 e. The number of amides is 3. The van der Waals surface area contributed by atoms with Gasteiger partial charge in [-0.2, -0.15) is 0 Å². The third-order valence-corrected chi connectivity index (χ3v) is 6.46. The van der Waals surface area contributed by atoms with Crippen molar-refractivity contribution in [3.63, 3.8) is 0 Å². The first-order chi connectivity index (χ1) is 16.7. The number of alkyl carbamates (subject to hydrolysis) is 1. The molecule has 2 atom stereocenters. The zero-order valence-electron chi connectivity index (χ0n) is 23.2. The molecule has 8 nitrogen and oxygen atoms in total. The Kier molecular flexibility index (Phi) is 10.2. The van der Waals surface area contributed by atoms with E-state index in [-0.39, 0.29) is 29.7 Å². The number of aromatic hydroxyl groups is 1. The van der Waals surface area contributed by atoms with Gasteiger partial charge in [-0.25, -0.2) is 4.79 Å². The number of hydrogen-bond donors (Lipinski definition) is 3. The van der Waals surface area contributed by atoms with Crippen molar-refractivity contribution < 1.29 is 24.2 Å². The number of nitrogens with one attached hydrogen (secondary N) is 2. The number of hydrogen-bond acceptors (Lipinski definition) is 5. The first kappa shape index (κ1) is 29.5. The molecule has 1 fully saturated rings. The van der Waals surface area contributed by atoms with Gasteiger partial charge in [0.05, 0.1) is 0 Å². The standard InChI is InChI=1S/C28H45N3O5/c1-17(2)22(30-27(35)36-28(6,7)8)26(34)31(18(3)4)23(21-16-12-13-19(5)24(21)32)25(33)29-20-14-10-9-11-15-20/h12-13,16-18,20,22-23,32H,9-11,14-15H2,1-8H3,(H,29,33)(H,30,35). The van der Waals surface area contributed by atoms with Gasteiger partial charge in [0.2, 0.25) is 11.8 Å². The normalized spacial score (nSPS) is 16.4. The van der Waals surface area contributed by atoms with Crippen molar-refractivity contribution in [3.05, 3.63) is 29.3 Å². The minimum Gasteiger partial charge on any atom is -0.507 e. The molecule has 0 aliphatic heterocycles. The molecule has 0 saturated heterocycles. The van der Waals surface area contributed by atoms with Crippen LogP contribution in [0.4, 0.5) is 4.79 Å². The highest BCUT2D eigenvalue weighted by molar-refractivity contribution is 5.93. The van der Waals surface area contributed by atoms with E-state index < -0.39 is 29.7 Å². The van der Waals surface area contributed by atoms with Crippen LogP contribution in [0.5, 0.6) is 5.75 Å². The maximum atomic E-state index is 14.0. The molecule has 1 aliphatic rings. The van der Waals surface area contributed by atoms with Crippen molar-refractivity contribution in [2.75, 3.05) is 0 Å². The summed E-state index contributed by atoms with van der Waals surface area (Å²) in [6.45, 7) is 14.4. The minimum absolute atomic E-state index is 0.0130. The van der Waals surface area contributed by atoms with Crippen LogP contribution in [0.25, 0.3) is 0 Å². The molecule has 36 heavy (non-hydrogen) atoms. The number of ether oxygens (including phenoxy) is 1. The molecule has 3 amide bonds. The van der Waals surface area contributed by atoms with E-state index in [4.69, 9.17) is 4.74 Å². The lowest BCUT2D eigenvalue weighted by Crippen LogP contribution is -2.57. The Morgan fingerprint density at radius 2 is 1.67 bits per heavy atom. The van der Waals surface area contributed by atoms with E-state index in [0.29, 0.717) is 11.1 Å². The number of nitrogens with zero attached hydrogens (tertiary/aromatic N) is 1. The zero-order chi connectivity index (χ0) is 27.2. The van der Waals surface area contributed by atoms with Gasteiger partial charge in [-0.05, 0) is 65.9 Å². The lowest BCUT2D eigenvalue weighted by atomic mass is 9.93. The SMILES string of the molecule is Cc1cccc(C(C(=O)NC2CCCCC2)N(C(=O)C(NC(=O)OC(C)(C)C)C(C)C)C(C)C)c1O. The molecule has 1 aromatic rings. The van der Waals surface area contributed by atoms with Crippen LogP contribution in [0.1, 0.15) is 97.7 Å². The largest absolute Gasteiger partial charge is 0.507 e. The summed E-state index contributed by atoms with van der Waals surface area (Å²) in [6, 6.07) is 2.89. The summed E-state index contributed by atoms with van der Waals surface area (Å²) < 4.78 is 5.40. The lowest BCUT2D eigenvalue weighted by molar-refractivity contribution is -0.145. The molecule has 1 saturated carbocycles. The fourth-order valence-corrected chi connectivity index (χ4v) is 4.64. The second-order valence-corrected chi connectivity index (χ2v) is 11.5. The quantitative estimate of drug-likeness (QED) is 0.464. The average Bonchev–Trinajstić information content (AvgIpc) is 2.76. The highest BCUT2D eigenvalue weighted by Gasteiger charge is 2.40. The van der Waals surface area contributed by atoms with Crippen LogP contribution in [0, 0.1) is 12.8 Å². The average molecular weight is 504 g/mol. The maximum Gasteiger partial charge on any atom is 0.408 e. The van der Waals surface area contributed by atoms with Crippen LogP contribution in [0.15, 0.2) is 18.2 Å². The molecular formula is C28H45N3O5. The highest BCUT2D eigenvalue weighted by atomic mass is 16.6. The molecule has 1 aromatic carbocycles. The maximum absolute atomic E-state index is 14.0. The Morgan fingerprint density at radius 1 is 1.06 bits per heavy atom. The number of rotatable bonds is 8. The summed E-state index contributed by atoms with van der Waals surface area (Å²) in [7, 11) is 0. The molecule has 0 radical (unpaired) electrons. The van der Waals surface area contributed by atoms with E-state index in [1.54, 1.807) is 45.9 Å². The first-order valence-electron chi connectivity index (χ1n) is 13.1. The zero-order valence-corrected chi connectivity index (χ0v) is 23.2. The van der Waals surface area contributed by atoms with Gasteiger partial charge in [-0.3, -0.25) is 9.59 Å². The van der Waals surface area contributed by atoms with E-state index >= 15 is 0 Å². The summed E-state index contributed by atoms with van der Waals surface area (Å²) >= 11 is 0. The van der Waals surface area contributed by atoms with Crippen LogP contribution in [0.3, 0.4) is 0 Å². The fraction of sp³-hybridized carbons (Fsp3) is 0.679. The second-order valence-electron chi connectivity index (χ2n) is 11.5. The van der Waals surface area contributed by atoms with Crippen LogP contribution < -0.4 is 10.6 Å². The Balaban J connectivity index is 2.49. The Hall–Kier alpha value is -2.77. The van der Waals surface area contributed by atoms with E-state index in [9.17, 15) is 19.5 Å². The summed E-state index contributed by atoms with van der Waals surface area (Å²) in [4.78, 5) is 41.9. The number of carbonyl (C=O) groups is 3. The summed E-state index contributed by atoms with van der Waals surface area (Å²) in [6.07, 6.45) is 4.34. The molecular weight excluding hydrogens is 458 g/mol. The number of para-hydroxylation sites is 1. The minimum atomic E-state index is -1.05. The number of benzene rings is 1. The van der Waals surface area contributed by atoms with Gasteiger partial charge in [0.1, 0.15) is 23.4 Å². The van der Waals surface area contributed by atoms with Crippen LogP contribution in [-0.2, 0) is 14.3 Å². The Bertz CT molecular complexity index is 916. The van der Waals surface area contributed by atoms with Gasteiger partial charge in [0, 0.05) is 17.6 Å². The van der Waals surface area contributed by atoms with Gasteiger partial charge in [0.25, 0.3) is 0 Å². The van der Waals surface area contributed by atoms with Crippen molar-refractivity contribution in [2.24, 2.45) is 5.92 Å². The van der Waals surface area contributed by atoms with Crippen LogP contribution in [0.2, 0.25) is 0 Å². The Morgan fingerprint density at radius 3 is 2.19 bits per heavy atom. The molecule has 0 spiro atoms. The van der Waals surface area contributed by atoms with Crippen LogP contribution in [-0.4, -0.2) is 51.6 Å². The van der Waals surface area contributed by atoms with Gasteiger partial charge >= 0.3 is 6.09 Å². The second kappa shape index (κ2) is 12.5. The molecule has 8 heteroatoms. The third kappa shape index (κ3) is 7.87. The Labute approximate surface area is 216 Å². The van der Waals surface area contributed by atoms with Gasteiger partial charge in [0.15, 0.2) is 0 Å². The van der Waals surface area contributed by atoms with Crippen molar-refractivity contribution in [1.29, 1.82) is 0 Å². The van der Waals surface area contributed by atoms with E-state index in [0.717, 1.165) is 32.1 Å². The van der Waals surface area contributed by atoms with E-state index in [1.807, 2.05) is 27.7 Å². The molecule has 0 bridgehead atoms. The van der Waals surface area contributed by atoms with Gasteiger partial charge in [-0.1, -0.05) is 51.3 Å². The molecule has 1 aliphatic carbocycles.